The second-order valence-electron chi connectivity index (χ2n) is 2.72. The van der Waals surface area contributed by atoms with Crippen LogP contribution in [0.4, 0.5) is 0 Å². The molecule has 2 nitrogen and oxygen atoms in total. The molecule has 0 aliphatic heterocycles. The van der Waals surface area contributed by atoms with E-state index >= 15 is 0 Å². The zero-order chi connectivity index (χ0) is 8.81. The Balaban J connectivity index is 2.48. The number of hydrogen-bond acceptors (Lipinski definition) is 2. The summed E-state index contributed by atoms with van der Waals surface area (Å²) in [6.07, 6.45) is 1.50. The lowest BCUT2D eigenvalue weighted by atomic mass is 10.0. The average molecular weight is 164 g/mol. The Morgan fingerprint density at radius 3 is 2.50 bits per heavy atom. The molecule has 0 aromatic heterocycles. The molecule has 0 saturated carbocycles. The minimum Gasteiger partial charge on any atom is -0.396 e. The van der Waals surface area contributed by atoms with Gasteiger partial charge in [-0.1, -0.05) is 30.3 Å². The first kappa shape index (κ1) is 9.23. The van der Waals surface area contributed by atoms with Gasteiger partial charge in [0.2, 0.25) is 0 Å². The van der Waals surface area contributed by atoms with E-state index in [9.17, 15) is 0 Å². The fourth-order valence-corrected chi connectivity index (χ4v) is 1.07. The van der Waals surface area contributed by atoms with Crippen molar-refractivity contribution in [3.8, 4) is 0 Å². The van der Waals surface area contributed by atoms with Gasteiger partial charge in [-0.25, -0.2) is 0 Å². The largest absolute Gasteiger partial charge is 0.396 e. The van der Waals surface area contributed by atoms with Gasteiger partial charge >= 0.3 is 0 Å². The molecule has 3 N–H and O–H groups in total. The topological polar surface area (TPSA) is 46.2 Å². The van der Waals surface area contributed by atoms with Crippen LogP contribution in [0.5, 0.6) is 0 Å². The van der Waals surface area contributed by atoms with Crippen LogP contribution < -0.4 is 5.73 Å². The number of nitrogens with two attached hydrogens (primary N) is 1. The molecule has 0 fully saturated rings. The van der Waals surface area contributed by atoms with E-state index in [4.69, 9.17) is 10.8 Å². The zero-order valence-electron chi connectivity index (χ0n) is 7.03. The van der Waals surface area contributed by atoms with E-state index in [1.165, 1.54) is 0 Å². The first-order chi connectivity index (χ1) is 5.84. The van der Waals surface area contributed by atoms with Crippen LogP contribution in [0.15, 0.2) is 30.3 Å². The quantitative estimate of drug-likeness (QED) is 0.704. The first-order valence-electron chi connectivity index (χ1n) is 4.12. The molecule has 0 unspecified atom stereocenters. The van der Waals surface area contributed by atoms with Crippen LogP contribution in [0.3, 0.4) is 0 Å². The van der Waals surface area contributed by atoms with Gasteiger partial charge in [-0.15, -0.1) is 0 Å². The minimum atomic E-state index is 0.202. The Labute approximate surface area is 73.0 Å². The molecule has 2 heteroatoms. The van der Waals surface area contributed by atoms with Crippen LogP contribution in [0.2, 0.25) is 0 Å². The third kappa shape index (κ3) is 2.64. The molecule has 0 atom stereocenters. The van der Waals surface area contributed by atoms with Crippen LogP contribution >= 0.6 is 0 Å². The number of aliphatic hydroxyl groups is 1. The Morgan fingerprint density at radius 1 is 1.25 bits per heavy atom. The highest BCUT2D eigenvalue weighted by molar-refractivity contribution is 5.27. The lowest BCUT2D eigenvalue weighted by molar-refractivity contribution is 0.286. The second kappa shape index (κ2) is 4.91. The standard InChI is InChI=1S/C10H14NO/c11-10(7-4-8-12)9-5-2-1-3-6-9/h1-3,5-6,12H,4,7-8,11H2. The molecule has 0 aliphatic rings. The summed E-state index contributed by atoms with van der Waals surface area (Å²) in [6.45, 7) is 0.202. The van der Waals surface area contributed by atoms with E-state index in [2.05, 4.69) is 0 Å². The maximum Gasteiger partial charge on any atom is 0.0635 e. The van der Waals surface area contributed by atoms with Crippen molar-refractivity contribution in [2.75, 3.05) is 6.61 Å². The van der Waals surface area contributed by atoms with Crippen LogP contribution in [-0.4, -0.2) is 11.7 Å². The highest BCUT2D eigenvalue weighted by Crippen LogP contribution is 2.13. The normalized spacial score (nSPS) is 10.6. The lowest BCUT2D eigenvalue weighted by Crippen LogP contribution is -2.11. The van der Waals surface area contributed by atoms with Gasteiger partial charge in [0, 0.05) is 6.61 Å². The number of aliphatic hydroxyl groups excluding tert-OH is 1. The Morgan fingerprint density at radius 2 is 1.92 bits per heavy atom. The van der Waals surface area contributed by atoms with Gasteiger partial charge in [-0.05, 0) is 18.4 Å². The molecule has 1 radical (unpaired) electrons. The van der Waals surface area contributed by atoms with Gasteiger partial charge in [-0.2, -0.15) is 0 Å². The molecule has 12 heavy (non-hydrogen) atoms. The van der Waals surface area contributed by atoms with Crippen molar-refractivity contribution in [3.05, 3.63) is 41.9 Å². The van der Waals surface area contributed by atoms with Gasteiger partial charge in [0.25, 0.3) is 0 Å². The van der Waals surface area contributed by atoms with Crippen LogP contribution in [0.25, 0.3) is 0 Å². The third-order valence-corrected chi connectivity index (χ3v) is 1.75. The molecule has 1 rings (SSSR count). The highest BCUT2D eigenvalue weighted by Gasteiger charge is 2.04. The highest BCUT2D eigenvalue weighted by atomic mass is 16.2. The van der Waals surface area contributed by atoms with Crippen molar-refractivity contribution in [3.63, 3.8) is 0 Å². The Kier molecular flexibility index (Phi) is 3.77. The van der Waals surface area contributed by atoms with E-state index < -0.39 is 0 Å². The summed E-state index contributed by atoms with van der Waals surface area (Å²) >= 11 is 0. The van der Waals surface area contributed by atoms with Crippen molar-refractivity contribution in [2.24, 2.45) is 5.73 Å². The van der Waals surface area contributed by atoms with Crippen LogP contribution in [0, 0.1) is 6.04 Å². The fraction of sp³-hybridized carbons (Fsp3) is 0.300. The minimum absolute atomic E-state index is 0.202. The average Bonchev–Trinajstić information content (AvgIpc) is 2.15. The maximum atomic E-state index is 8.59. The van der Waals surface area contributed by atoms with Gasteiger partial charge < -0.3 is 10.8 Å². The van der Waals surface area contributed by atoms with Crippen molar-refractivity contribution < 1.29 is 5.11 Å². The molecule has 0 aliphatic carbocycles. The molecule has 0 amide bonds. The summed E-state index contributed by atoms with van der Waals surface area (Å²) in [4.78, 5) is 0. The summed E-state index contributed by atoms with van der Waals surface area (Å²) in [6, 6.07) is 10.7. The van der Waals surface area contributed by atoms with Crippen molar-refractivity contribution in [2.45, 2.75) is 12.8 Å². The summed E-state index contributed by atoms with van der Waals surface area (Å²) in [5, 5.41) is 8.59. The molecule has 1 aromatic rings. The van der Waals surface area contributed by atoms with Crippen LogP contribution in [-0.2, 0) is 0 Å². The smallest absolute Gasteiger partial charge is 0.0635 e. The van der Waals surface area contributed by atoms with E-state index in [1.807, 2.05) is 30.3 Å². The zero-order valence-corrected chi connectivity index (χ0v) is 7.03. The van der Waals surface area contributed by atoms with Gasteiger partial charge in [-0.3, -0.25) is 0 Å². The van der Waals surface area contributed by atoms with E-state index in [-0.39, 0.29) is 6.61 Å². The molecule has 0 spiro atoms. The number of benzene rings is 1. The van der Waals surface area contributed by atoms with Crippen LogP contribution in [0.1, 0.15) is 18.4 Å². The van der Waals surface area contributed by atoms with Gasteiger partial charge in [0.1, 0.15) is 0 Å². The Hall–Kier alpha value is -0.860. The molecule has 1 aromatic carbocycles. The van der Waals surface area contributed by atoms with Crippen molar-refractivity contribution in [1.29, 1.82) is 0 Å². The molecular formula is C10H14NO. The molecule has 0 bridgehead atoms. The van der Waals surface area contributed by atoms with Gasteiger partial charge in [0.05, 0.1) is 6.04 Å². The van der Waals surface area contributed by atoms with Crippen molar-refractivity contribution in [1.82, 2.24) is 0 Å². The fourth-order valence-electron chi connectivity index (χ4n) is 1.07. The van der Waals surface area contributed by atoms with E-state index in [0.29, 0.717) is 0 Å². The van der Waals surface area contributed by atoms with E-state index in [0.717, 1.165) is 24.4 Å². The summed E-state index contributed by atoms with van der Waals surface area (Å²) in [5.41, 5.74) is 6.85. The summed E-state index contributed by atoms with van der Waals surface area (Å²) in [5.74, 6) is 0. The number of hydrogen-bond donors (Lipinski definition) is 2. The molecule has 65 valence electrons. The Bertz CT molecular complexity index is 210. The lowest BCUT2D eigenvalue weighted by Gasteiger charge is -2.08. The summed E-state index contributed by atoms with van der Waals surface area (Å²) in [7, 11) is 0. The predicted octanol–water partition coefficient (Wildman–Crippen LogP) is 1.30. The van der Waals surface area contributed by atoms with Gasteiger partial charge in [0.15, 0.2) is 0 Å². The van der Waals surface area contributed by atoms with E-state index in [1.54, 1.807) is 0 Å². The first-order valence-corrected chi connectivity index (χ1v) is 4.12. The SMILES string of the molecule is N[C](CCCO)c1ccccc1. The van der Waals surface area contributed by atoms with Crippen molar-refractivity contribution >= 4 is 0 Å². The molecule has 0 heterocycles. The second-order valence-corrected chi connectivity index (χ2v) is 2.72. The molecule has 0 saturated heterocycles. The summed E-state index contributed by atoms with van der Waals surface area (Å²) < 4.78 is 0. The third-order valence-electron chi connectivity index (χ3n) is 1.75. The molecular weight excluding hydrogens is 150 g/mol. The predicted molar refractivity (Wildman–Crippen MR) is 49.3 cm³/mol. The number of rotatable bonds is 4. The maximum absolute atomic E-state index is 8.59. The monoisotopic (exact) mass is 164 g/mol.